The van der Waals surface area contributed by atoms with Gasteiger partial charge in [-0.3, -0.25) is 10.2 Å². The minimum absolute atomic E-state index is 0.0319. The first-order chi connectivity index (χ1) is 16.1. The molecule has 166 valence electrons. The van der Waals surface area contributed by atoms with Crippen molar-refractivity contribution in [3.8, 4) is 23.3 Å². The molecule has 1 fully saturated rings. The Kier molecular flexibility index (Phi) is 6.96. The van der Waals surface area contributed by atoms with Crippen molar-refractivity contribution in [3.05, 3.63) is 78.2 Å². The quantitative estimate of drug-likeness (QED) is 0.446. The van der Waals surface area contributed by atoms with Crippen molar-refractivity contribution in [3.63, 3.8) is 0 Å². The molecule has 7 heteroatoms. The maximum Gasteiger partial charge on any atom is 0.298 e. The molecule has 7 nitrogen and oxygen atoms in total. The first kappa shape index (κ1) is 22.0. The van der Waals surface area contributed by atoms with Crippen LogP contribution >= 0.6 is 0 Å². The van der Waals surface area contributed by atoms with Gasteiger partial charge >= 0.3 is 0 Å². The molecule has 1 unspecified atom stereocenters. The van der Waals surface area contributed by atoms with Crippen molar-refractivity contribution in [2.45, 2.75) is 25.8 Å². The smallest absolute Gasteiger partial charge is 0.298 e. The molecular weight excluding hydrogens is 414 g/mol. The molecule has 1 aliphatic heterocycles. The minimum Gasteiger partial charge on any atom is -0.457 e. The number of anilines is 1. The van der Waals surface area contributed by atoms with Crippen LogP contribution in [-0.2, 0) is 4.79 Å². The zero-order chi connectivity index (χ0) is 23.0. The number of aromatic nitrogens is 2. The number of nitrogens with zero attached hydrogens (tertiary/aromatic N) is 3. The SMILES string of the molecule is CC#CC(=O)N1CCCC(Nc2ncncc2C(=N)c2ccc(Oc3ccccc3)cc2)C1. The van der Waals surface area contributed by atoms with Crippen molar-refractivity contribution in [2.24, 2.45) is 0 Å². The number of piperidine rings is 1. The largest absolute Gasteiger partial charge is 0.457 e. The molecule has 1 saturated heterocycles. The molecule has 1 atom stereocenters. The molecule has 0 radical (unpaired) electrons. The summed E-state index contributed by atoms with van der Waals surface area (Å²) >= 11 is 0. The van der Waals surface area contributed by atoms with E-state index in [-0.39, 0.29) is 11.9 Å². The highest BCUT2D eigenvalue weighted by molar-refractivity contribution is 6.13. The number of carbonyl (C=O) groups excluding carboxylic acids is 1. The van der Waals surface area contributed by atoms with Crippen molar-refractivity contribution in [2.75, 3.05) is 18.4 Å². The van der Waals surface area contributed by atoms with Gasteiger partial charge in [0.25, 0.3) is 5.91 Å². The molecule has 0 saturated carbocycles. The van der Waals surface area contributed by atoms with Crippen molar-refractivity contribution >= 4 is 17.4 Å². The lowest BCUT2D eigenvalue weighted by molar-refractivity contribution is -0.126. The van der Waals surface area contributed by atoms with Crippen molar-refractivity contribution in [1.82, 2.24) is 14.9 Å². The van der Waals surface area contributed by atoms with Gasteiger partial charge in [-0.2, -0.15) is 0 Å². The van der Waals surface area contributed by atoms with Crippen molar-refractivity contribution in [1.29, 1.82) is 5.41 Å². The van der Waals surface area contributed by atoms with Gasteiger partial charge in [0.15, 0.2) is 0 Å². The number of amides is 1. The second-order valence-corrected chi connectivity index (χ2v) is 7.71. The van der Waals surface area contributed by atoms with Gasteiger partial charge in [0, 0.05) is 30.9 Å². The van der Waals surface area contributed by atoms with E-state index in [1.807, 2.05) is 54.6 Å². The number of nitrogens with one attached hydrogen (secondary N) is 2. The van der Waals surface area contributed by atoms with Gasteiger partial charge < -0.3 is 15.0 Å². The van der Waals surface area contributed by atoms with Crippen LogP contribution in [-0.4, -0.2) is 45.6 Å². The number of rotatable bonds is 6. The van der Waals surface area contributed by atoms with Crippen LogP contribution in [0, 0.1) is 17.3 Å². The fourth-order valence-corrected chi connectivity index (χ4v) is 3.76. The average molecular weight is 440 g/mol. The predicted octanol–water partition coefficient (Wildman–Crippen LogP) is 4.11. The zero-order valence-electron chi connectivity index (χ0n) is 18.4. The van der Waals surface area contributed by atoms with Crippen LogP contribution in [0.4, 0.5) is 5.82 Å². The zero-order valence-corrected chi connectivity index (χ0v) is 18.4. The molecule has 1 amide bonds. The summed E-state index contributed by atoms with van der Waals surface area (Å²) in [6, 6.07) is 17.0. The monoisotopic (exact) mass is 439 g/mol. The molecule has 1 aliphatic rings. The van der Waals surface area contributed by atoms with E-state index in [0.717, 1.165) is 24.2 Å². The summed E-state index contributed by atoms with van der Waals surface area (Å²) in [5, 5.41) is 12.2. The number of carbonyl (C=O) groups is 1. The van der Waals surface area contributed by atoms with E-state index in [9.17, 15) is 4.79 Å². The maximum absolute atomic E-state index is 12.2. The third-order valence-electron chi connectivity index (χ3n) is 5.38. The van der Waals surface area contributed by atoms with Crippen LogP contribution in [0.3, 0.4) is 0 Å². The Balaban J connectivity index is 1.47. The number of hydrogen-bond acceptors (Lipinski definition) is 6. The standard InChI is InChI=1S/C26H25N5O2/c1-2-7-24(32)31-15-6-8-20(17-31)30-26-23(16-28-18-29-26)25(27)19-11-13-22(14-12-19)33-21-9-4-3-5-10-21/h3-5,9-14,16,18,20,27H,6,8,15,17H2,1H3,(H,28,29,30). The lowest BCUT2D eigenvalue weighted by Gasteiger charge is -2.32. The van der Waals surface area contributed by atoms with Crippen LogP contribution < -0.4 is 10.1 Å². The molecule has 33 heavy (non-hydrogen) atoms. The number of para-hydroxylation sites is 1. The van der Waals surface area contributed by atoms with Gasteiger partial charge in [0.1, 0.15) is 23.6 Å². The Labute approximate surface area is 193 Å². The van der Waals surface area contributed by atoms with E-state index in [2.05, 4.69) is 27.1 Å². The molecule has 0 bridgehead atoms. The minimum atomic E-state index is -0.155. The van der Waals surface area contributed by atoms with E-state index in [1.54, 1.807) is 18.0 Å². The summed E-state index contributed by atoms with van der Waals surface area (Å²) in [6.07, 6.45) is 4.89. The number of likely N-dealkylation sites (tertiary alicyclic amines) is 1. The highest BCUT2D eigenvalue weighted by Gasteiger charge is 2.24. The second kappa shape index (κ2) is 10.4. The normalized spacial score (nSPS) is 15.2. The van der Waals surface area contributed by atoms with Crippen LogP contribution in [0.2, 0.25) is 0 Å². The summed E-state index contributed by atoms with van der Waals surface area (Å²) in [6.45, 7) is 2.92. The summed E-state index contributed by atoms with van der Waals surface area (Å²) in [7, 11) is 0. The van der Waals surface area contributed by atoms with Gasteiger partial charge in [-0.1, -0.05) is 24.1 Å². The lowest BCUT2D eigenvalue weighted by atomic mass is 10.0. The fraction of sp³-hybridized carbons (Fsp3) is 0.231. The summed E-state index contributed by atoms with van der Waals surface area (Å²) in [5.74, 6) is 7.16. The molecule has 3 aromatic rings. The van der Waals surface area contributed by atoms with E-state index < -0.39 is 0 Å². The molecule has 2 N–H and O–H groups in total. The fourth-order valence-electron chi connectivity index (χ4n) is 3.76. The maximum atomic E-state index is 12.2. The Morgan fingerprint density at radius 1 is 1.15 bits per heavy atom. The average Bonchev–Trinajstić information content (AvgIpc) is 2.85. The molecule has 2 aromatic carbocycles. The lowest BCUT2D eigenvalue weighted by Crippen LogP contribution is -2.45. The number of benzene rings is 2. The van der Waals surface area contributed by atoms with Gasteiger partial charge in [-0.15, -0.1) is 0 Å². The van der Waals surface area contributed by atoms with E-state index in [0.29, 0.717) is 35.9 Å². The molecule has 0 aliphatic carbocycles. The Hall–Kier alpha value is -4.18. The predicted molar refractivity (Wildman–Crippen MR) is 128 cm³/mol. The Morgan fingerprint density at radius 2 is 1.91 bits per heavy atom. The molecule has 4 rings (SSSR count). The van der Waals surface area contributed by atoms with E-state index in [1.165, 1.54) is 6.33 Å². The van der Waals surface area contributed by atoms with E-state index in [4.69, 9.17) is 10.1 Å². The second-order valence-electron chi connectivity index (χ2n) is 7.71. The number of ether oxygens (including phenoxy) is 1. The van der Waals surface area contributed by atoms with Crippen LogP contribution in [0.15, 0.2) is 67.1 Å². The van der Waals surface area contributed by atoms with Crippen LogP contribution in [0.25, 0.3) is 0 Å². The topological polar surface area (TPSA) is 91.2 Å². The number of hydrogen-bond donors (Lipinski definition) is 2. The third-order valence-corrected chi connectivity index (χ3v) is 5.38. The molecule has 1 aromatic heterocycles. The van der Waals surface area contributed by atoms with Crippen LogP contribution in [0.5, 0.6) is 11.5 Å². The van der Waals surface area contributed by atoms with Gasteiger partial charge in [-0.25, -0.2) is 9.97 Å². The van der Waals surface area contributed by atoms with Crippen molar-refractivity contribution < 1.29 is 9.53 Å². The first-order valence-electron chi connectivity index (χ1n) is 10.8. The van der Waals surface area contributed by atoms with Gasteiger partial charge in [-0.05, 0) is 62.1 Å². The summed E-state index contributed by atoms with van der Waals surface area (Å²) < 4.78 is 5.84. The molecule has 0 spiro atoms. The Morgan fingerprint density at radius 3 is 2.67 bits per heavy atom. The van der Waals surface area contributed by atoms with Gasteiger partial charge in [0.2, 0.25) is 0 Å². The molecular formula is C26H25N5O2. The summed E-state index contributed by atoms with van der Waals surface area (Å²) in [4.78, 5) is 22.4. The highest BCUT2D eigenvalue weighted by atomic mass is 16.5. The first-order valence-corrected chi connectivity index (χ1v) is 10.8. The summed E-state index contributed by atoms with van der Waals surface area (Å²) in [5.41, 5.74) is 1.64. The van der Waals surface area contributed by atoms with E-state index >= 15 is 0 Å². The van der Waals surface area contributed by atoms with Gasteiger partial charge in [0.05, 0.1) is 11.3 Å². The third kappa shape index (κ3) is 5.55. The highest BCUT2D eigenvalue weighted by Crippen LogP contribution is 2.24. The Bertz CT molecular complexity index is 1180. The molecule has 2 heterocycles. The van der Waals surface area contributed by atoms with Crippen LogP contribution in [0.1, 0.15) is 30.9 Å².